The van der Waals surface area contributed by atoms with Crippen molar-refractivity contribution in [2.24, 2.45) is 0 Å². The summed E-state index contributed by atoms with van der Waals surface area (Å²) in [6.07, 6.45) is 4.82. The number of aromatic nitrogens is 2. The van der Waals surface area contributed by atoms with Crippen LogP contribution in [0.3, 0.4) is 0 Å². The molecule has 0 aliphatic heterocycles. The number of rotatable bonds is 5. The first-order valence-corrected chi connectivity index (χ1v) is 5.94. The minimum absolute atomic E-state index is 0.148. The summed E-state index contributed by atoms with van der Waals surface area (Å²) >= 11 is 0. The molecule has 0 spiro atoms. The molecule has 0 fully saturated rings. The van der Waals surface area contributed by atoms with Gasteiger partial charge in [-0.15, -0.1) is 0 Å². The second-order valence-corrected chi connectivity index (χ2v) is 3.94. The standard InChI is InChI=1S/C14H15N3O/c18-14(13-8-10-15-11-17-13)16-9-4-7-12-5-2-1-3-6-12/h1-3,5-6,8,10-11H,4,7,9H2,(H,16,18). The quantitative estimate of drug-likeness (QED) is 0.813. The molecule has 92 valence electrons. The van der Waals surface area contributed by atoms with Crippen LogP contribution < -0.4 is 5.32 Å². The number of hydrogen-bond donors (Lipinski definition) is 1. The fraction of sp³-hybridized carbons (Fsp3) is 0.214. The number of benzene rings is 1. The molecule has 0 saturated carbocycles. The second-order valence-electron chi connectivity index (χ2n) is 3.94. The topological polar surface area (TPSA) is 54.9 Å². The summed E-state index contributed by atoms with van der Waals surface area (Å²) in [5.41, 5.74) is 1.69. The number of hydrogen-bond acceptors (Lipinski definition) is 3. The molecule has 0 saturated heterocycles. The lowest BCUT2D eigenvalue weighted by atomic mass is 10.1. The van der Waals surface area contributed by atoms with Crippen molar-refractivity contribution < 1.29 is 4.79 Å². The summed E-state index contributed by atoms with van der Waals surface area (Å²) in [6, 6.07) is 11.8. The van der Waals surface area contributed by atoms with Gasteiger partial charge in [0.2, 0.25) is 0 Å². The summed E-state index contributed by atoms with van der Waals surface area (Å²) in [6.45, 7) is 0.651. The van der Waals surface area contributed by atoms with Crippen molar-refractivity contribution in [2.45, 2.75) is 12.8 Å². The Morgan fingerprint density at radius 2 is 2.00 bits per heavy atom. The Morgan fingerprint density at radius 1 is 1.17 bits per heavy atom. The van der Waals surface area contributed by atoms with E-state index in [-0.39, 0.29) is 5.91 Å². The molecule has 0 aliphatic rings. The van der Waals surface area contributed by atoms with Crippen molar-refractivity contribution in [3.05, 3.63) is 60.2 Å². The summed E-state index contributed by atoms with van der Waals surface area (Å²) in [4.78, 5) is 19.3. The molecule has 0 atom stereocenters. The molecule has 1 N–H and O–H groups in total. The van der Waals surface area contributed by atoms with Gasteiger partial charge in [0.1, 0.15) is 12.0 Å². The number of nitrogens with one attached hydrogen (secondary N) is 1. The van der Waals surface area contributed by atoms with E-state index in [2.05, 4.69) is 27.4 Å². The van der Waals surface area contributed by atoms with E-state index < -0.39 is 0 Å². The molecule has 1 aromatic heterocycles. The molecule has 1 amide bonds. The van der Waals surface area contributed by atoms with Crippen LogP contribution in [-0.4, -0.2) is 22.4 Å². The Morgan fingerprint density at radius 3 is 2.72 bits per heavy atom. The zero-order valence-corrected chi connectivity index (χ0v) is 10.0. The predicted octanol–water partition coefficient (Wildman–Crippen LogP) is 1.84. The highest BCUT2D eigenvalue weighted by Gasteiger charge is 2.04. The molecule has 0 unspecified atom stereocenters. The van der Waals surface area contributed by atoms with Crippen molar-refractivity contribution >= 4 is 5.91 Å². The van der Waals surface area contributed by atoms with Crippen LogP contribution in [0.5, 0.6) is 0 Å². The normalized spacial score (nSPS) is 10.0. The first-order valence-electron chi connectivity index (χ1n) is 5.94. The SMILES string of the molecule is O=C(NCCCc1ccccc1)c1ccncn1. The van der Waals surface area contributed by atoms with Crippen molar-refractivity contribution in [1.29, 1.82) is 0 Å². The van der Waals surface area contributed by atoms with Crippen LogP contribution in [0.2, 0.25) is 0 Å². The molecular formula is C14H15N3O. The predicted molar refractivity (Wildman–Crippen MR) is 69.1 cm³/mol. The van der Waals surface area contributed by atoms with Crippen LogP contribution in [0.15, 0.2) is 48.9 Å². The molecule has 4 heteroatoms. The van der Waals surface area contributed by atoms with Gasteiger partial charge in [-0.25, -0.2) is 9.97 Å². The molecule has 0 bridgehead atoms. The van der Waals surface area contributed by atoms with Gasteiger partial charge in [-0.2, -0.15) is 0 Å². The van der Waals surface area contributed by atoms with Gasteiger partial charge in [0, 0.05) is 12.7 Å². The third-order valence-corrected chi connectivity index (χ3v) is 2.59. The fourth-order valence-electron chi connectivity index (χ4n) is 1.65. The van der Waals surface area contributed by atoms with Crippen LogP contribution >= 0.6 is 0 Å². The van der Waals surface area contributed by atoms with Crippen molar-refractivity contribution in [3.63, 3.8) is 0 Å². The van der Waals surface area contributed by atoms with Gasteiger partial charge in [0.05, 0.1) is 0 Å². The Labute approximate surface area is 106 Å². The number of carbonyl (C=O) groups is 1. The average Bonchev–Trinajstić information content (AvgIpc) is 2.45. The van der Waals surface area contributed by atoms with Crippen LogP contribution in [-0.2, 0) is 6.42 Å². The first-order chi connectivity index (χ1) is 8.86. The Hall–Kier alpha value is -2.23. The number of amides is 1. The monoisotopic (exact) mass is 241 g/mol. The molecule has 2 rings (SSSR count). The van der Waals surface area contributed by atoms with Crippen LogP contribution in [0.4, 0.5) is 0 Å². The van der Waals surface area contributed by atoms with Crippen LogP contribution in [0, 0.1) is 0 Å². The Balaban J connectivity index is 1.72. The molecule has 4 nitrogen and oxygen atoms in total. The zero-order chi connectivity index (χ0) is 12.6. The van der Waals surface area contributed by atoms with E-state index in [0.29, 0.717) is 12.2 Å². The lowest BCUT2D eigenvalue weighted by molar-refractivity contribution is 0.0948. The minimum Gasteiger partial charge on any atom is -0.351 e. The number of aryl methyl sites for hydroxylation is 1. The van der Waals surface area contributed by atoms with Crippen LogP contribution in [0.25, 0.3) is 0 Å². The smallest absolute Gasteiger partial charge is 0.270 e. The summed E-state index contributed by atoms with van der Waals surface area (Å²) < 4.78 is 0. The van der Waals surface area contributed by atoms with Gasteiger partial charge in [-0.3, -0.25) is 4.79 Å². The van der Waals surface area contributed by atoms with Crippen molar-refractivity contribution in [3.8, 4) is 0 Å². The maximum Gasteiger partial charge on any atom is 0.270 e. The third-order valence-electron chi connectivity index (χ3n) is 2.59. The van der Waals surface area contributed by atoms with Gasteiger partial charge in [-0.1, -0.05) is 30.3 Å². The van der Waals surface area contributed by atoms with E-state index in [9.17, 15) is 4.79 Å². The van der Waals surface area contributed by atoms with E-state index in [1.54, 1.807) is 12.3 Å². The van der Waals surface area contributed by atoms with Gasteiger partial charge in [0.15, 0.2) is 0 Å². The lowest BCUT2D eigenvalue weighted by Gasteiger charge is -2.04. The summed E-state index contributed by atoms with van der Waals surface area (Å²) in [5, 5.41) is 2.84. The highest BCUT2D eigenvalue weighted by molar-refractivity contribution is 5.91. The van der Waals surface area contributed by atoms with Gasteiger partial charge >= 0.3 is 0 Å². The molecule has 2 aromatic rings. The van der Waals surface area contributed by atoms with Gasteiger partial charge < -0.3 is 5.32 Å². The van der Waals surface area contributed by atoms with E-state index in [4.69, 9.17) is 0 Å². The molecule has 1 aromatic carbocycles. The summed E-state index contributed by atoms with van der Waals surface area (Å²) in [7, 11) is 0. The Kier molecular flexibility index (Phi) is 4.41. The van der Waals surface area contributed by atoms with E-state index >= 15 is 0 Å². The minimum atomic E-state index is -0.148. The molecular weight excluding hydrogens is 226 g/mol. The first kappa shape index (κ1) is 12.2. The Bertz CT molecular complexity index is 485. The third kappa shape index (κ3) is 3.66. The van der Waals surface area contributed by atoms with Gasteiger partial charge in [-0.05, 0) is 24.5 Å². The second kappa shape index (κ2) is 6.49. The maximum absolute atomic E-state index is 11.7. The zero-order valence-electron chi connectivity index (χ0n) is 10.0. The highest BCUT2D eigenvalue weighted by Crippen LogP contribution is 2.01. The summed E-state index contributed by atoms with van der Waals surface area (Å²) in [5.74, 6) is -0.148. The number of carbonyl (C=O) groups excluding carboxylic acids is 1. The lowest BCUT2D eigenvalue weighted by Crippen LogP contribution is -2.25. The van der Waals surface area contributed by atoms with E-state index in [1.165, 1.54) is 11.9 Å². The van der Waals surface area contributed by atoms with E-state index in [0.717, 1.165) is 12.8 Å². The molecule has 18 heavy (non-hydrogen) atoms. The fourth-order valence-corrected chi connectivity index (χ4v) is 1.65. The average molecular weight is 241 g/mol. The molecule has 0 aliphatic carbocycles. The largest absolute Gasteiger partial charge is 0.351 e. The maximum atomic E-state index is 11.7. The highest BCUT2D eigenvalue weighted by atomic mass is 16.1. The van der Waals surface area contributed by atoms with Crippen molar-refractivity contribution in [1.82, 2.24) is 15.3 Å². The van der Waals surface area contributed by atoms with Gasteiger partial charge in [0.25, 0.3) is 5.91 Å². The molecule has 0 radical (unpaired) electrons. The van der Waals surface area contributed by atoms with E-state index in [1.807, 2.05) is 18.2 Å². The van der Waals surface area contributed by atoms with Crippen LogP contribution in [0.1, 0.15) is 22.5 Å². The van der Waals surface area contributed by atoms with Crippen molar-refractivity contribution in [2.75, 3.05) is 6.54 Å². The number of nitrogens with zero attached hydrogens (tertiary/aromatic N) is 2. The molecule has 1 heterocycles.